The van der Waals surface area contributed by atoms with Crippen LogP contribution in [0.3, 0.4) is 0 Å². The summed E-state index contributed by atoms with van der Waals surface area (Å²) in [5, 5.41) is 11.8. The molecule has 0 saturated carbocycles. The van der Waals surface area contributed by atoms with E-state index in [1.165, 1.54) is 0 Å². The van der Waals surface area contributed by atoms with Crippen LogP contribution in [0, 0.1) is 11.3 Å². The quantitative estimate of drug-likeness (QED) is 0.645. The van der Waals surface area contributed by atoms with Crippen LogP contribution in [0.2, 0.25) is 0 Å². The van der Waals surface area contributed by atoms with Crippen LogP contribution in [0.4, 0.5) is 0 Å². The molecular formula is C9H18N2O. The summed E-state index contributed by atoms with van der Waals surface area (Å²) in [7, 11) is 1.83. The molecule has 1 aliphatic rings. The van der Waals surface area contributed by atoms with E-state index in [0.29, 0.717) is 13.2 Å². The average molecular weight is 170 g/mol. The molecule has 0 aromatic heterocycles. The first kappa shape index (κ1) is 11.4. The van der Waals surface area contributed by atoms with Gasteiger partial charge in [-0.25, -0.2) is 0 Å². The summed E-state index contributed by atoms with van der Waals surface area (Å²) in [6, 6.07) is 2.28. The first-order chi connectivity index (χ1) is 5.83. The van der Waals surface area contributed by atoms with Crippen LogP contribution in [0.5, 0.6) is 0 Å². The molecule has 3 nitrogen and oxygen atoms in total. The minimum atomic E-state index is -0.307. The Hall–Kier alpha value is -0.590. The van der Waals surface area contributed by atoms with Crippen molar-refractivity contribution in [1.82, 2.24) is 5.32 Å². The zero-order chi connectivity index (χ0) is 9.45. The summed E-state index contributed by atoms with van der Waals surface area (Å²) < 4.78 is 5.14. The molecule has 0 aromatic carbocycles. The molecular weight excluding hydrogens is 152 g/mol. The zero-order valence-electron chi connectivity index (χ0n) is 8.18. The van der Waals surface area contributed by atoms with Crippen LogP contribution in [-0.2, 0) is 4.74 Å². The molecule has 12 heavy (non-hydrogen) atoms. The van der Waals surface area contributed by atoms with E-state index in [1.54, 1.807) is 0 Å². The predicted octanol–water partition coefficient (Wildman–Crippen LogP) is 1.30. The van der Waals surface area contributed by atoms with E-state index in [0.717, 1.165) is 12.8 Å². The highest BCUT2D eigenvalue weighted by molar-refractivity contribution is 5.07. The maximum absolute atomic E-state index is 8.77. The van der Waals surface area contributed by atoms with Crippen LogP contribution in [0.1, 0.15) is 26.7 Å². The topological polar surface area (TPSA) is 45.0 Å². The Morgan fingerprint density at radius 1 is 1.33 bits per heavy atom. The summed E-state index contributed by atoms with van der Waals surface area (Å²) in [5.41, 5.74) is -0.307. The van der Waals surface area contributed by atoms with Crippen molar-refractivity contribution >= 4 is 0 Å². The zero-order valence-corrected chi connectivity index (χ0v) is 8.18. The molecule has 0 aliphatic carbocycles. The lowest BCUT2D eigenvalue weighted by Gasteiger charge is -2.29. The van der Waals surface area contributed by atoms with Crippen LogP contribution in [0.25, 0.3) is 0 Å². The Bertz CT molecular complexity index is 145. The molecule has 0 unspecified atom stereocenters. The van der Waals surface area contributed by atoms with Crippen molar-refractivity contribution in [3.63, 3.8) is 0 Å². The smallest absolute Gasteiger partial charge is 0.110 e. The van der Waals surface area contributed by atoms with Gasteiger partial charge in [0.2, 0.25) is 0 Å². The second-order valence-electron chi connectivity index (χ2n) is 2.56. The van der Waals surface area contributed by atoms with Crippen LogP contribution in [0.15, 0.2) is 0 Å². The van der Waals surface area contributed by atoms with Gasteiger partial charge in [0, 0.05) is 26.1 Å². The lowest BCUT2D eigenvalue weighted by molar-refractivity contribution is 0.0605. The predicted molar refractivity (Wildman–Crippen MR) is 48.8 cm³/mol. The van der Waals surface area contributed by atoms with Crippen molar-refractivity contribution in [2.75, 3.05) is 20.3 Å². The first-order valence-electron chi connectivity index (χ1n) is 4.51. The summed E-state index contributed by atoms with van der Waals surface area (Å²) in [6.07, 6.45) is 1.61. The Balaban J connectivity index is 0.000000561. The Kier molecular flexibility index (Phi) is 5.69. The standard InChI is InChI=1S/C7H12N2O.C2H6/c1-9-7(6-8)2-4-10-5-3-7;1-2/h9H,2-5H2,1H3;1-2H3. The number of hydrogen-bond donors (Lipinski definition) is 1. The summed E-state index contributed by atoms with van der Waals surface area (Å²) in [5.74, 6) is 0. The molecule has 0 radical (unpaired) electrons. The molecule has 0 aromatic rings. The van der Waals surface area contributed by atoms with E-state index in [1.807, 2.05) is 20.9 Å². The number of nitriles is 1. The SMILES string of the molecule is CC.CNC1(C#N)CCOCC1. The van der Waals surface area contributed by atoms with Gasteiger partial charge in [0.25, 0.3) is 0 Å². The fourth-order valence-corrected chi connectivity index (χ4v) is 1.14. The second kappa shape index (κ2) is 5.99. The monoisotopic (exact) mass is 170 g/mol. The van der Waals surface area contributed by atoms with Gasteiger partial charge in [-0.1, -0.05) is 13.8 Å². The Morgan fingerprint density at radius 3 is 2.08 bits per heavy atom. The van der Waals surface area contributed by atoms with Gasteiger partial charge in [-0.2, -0.15) is 5.26 Å². The molecule has 1 saturated heterocycles. The number of ether oxygens (including phenoxy) is 1. The number of hydrogen-bond acceptors (Lipinski definition) is 3. The van der Waals surface area contributed by atoms with Gasteiger partial charge in [0.1, 0.15) is 5.54 Å². The maximum Gasteiger partial charge on any atom is 0.110 e. The van der Waals surface area contributed by atoms with E-state index in [-0.39, 0.29) is 5.54 Å². The molecule has 1 rings (SSSR count). The van der Waals surface area contributed by atoms with Gasteiger partial charge in [0.15, 0.2) is 0 Å². The first-order valence-corrected chi connectivity index (χ1v) is 4.51. The molecule has 1 aliphatic heterocycles. The lowest BCUT2D eigenvalue weighted by atomic mass is 9.92. The van der Waals surface area contributed by atoms with E-state index in [2.05, 4.69) is 11.4 Å². The van der Waals surface area contributed by atoms with Gasteiger partial charge >= 0.3 is 0 Å². The van der Waals surface area contributed by atoms with Crippen molar-refractivity contribution in [2.24, 2.45) is 0 Å². The van der Waals surface area contributed by atoms with Crippen LogP contribution in [-0.4, -0.2) is 25.8 Å². The van der Waals surface area contributed by atoms with E-state index >= 15 is 0 Å². The Labute approximate surface area is 74.7 Å². The molecule has 3 heteroatoms. The molecule has 1 N–H and O–H groups in total. The molecule has 1 heterocycles. The van der Waals surface area contributed by atoms with Crippen molar-refractivity contribution < 1.29 is 4.74 Å². The van der Waals surface area contributed by atoms with Gasteiger partial charge in [-0.3, -0.25) is 0 Å². The molecule has 0 amide bonds. The summed E-state index contributed by atoms with van der Waals surface area (Å²) >= 11 is 0. The number of rotatable bonds is 1. The highest BCUT2D eigenvalue weighted by Gasteiger charge is 2.30. The van der Waals surface area contributed by atoms with E-state index in [4.69, 9.17) is 10.00 Å². The summed E-state index contributed by atoms with van der Waals surface area (Å²) in [4.78, 5) is 0. The average Bonchev–Trinajstić information content (AvgIpc) is 2.22. The van der Waals surface area contributed by atoms with E-state index < -0.39 is 0 Å². The highest BCUT2D eigenvalue weighted by atomic mass is 16.5. The molecule has 0 spiro atoms. The third-order valence-electron chi connectivity index (χ3n) is 2.04. The third-order valence-corrected chi connectivity index (χ3v) is 2.04. The minimum Gasteiger partial charge on any atom is -0.381 e. The van der Waals surface area contributed by atoms with Crippen molar-refractivity contribution in [3.05, 3.63) is 0 Å². The van der Waals surface area contributed by atoms with Crippen molar-refractivity contribution in [3.8, 4) is 6.07 Å². The van der Waals surface area contributed by atoms with Crippen molar-refractivity contribution in [1.29, 1.82) is 5.26 Å². The van der Waals surface area contributed by atoms with Gasteiger partial charge in [-0.15, -0.1) is 0 Å². The lowest BCUT2D eigenvalue weighted by Crippen LogP contribution is -2.46. The molecule has 0 bridgehead atoms. The van der Waals surface area contributed by atoms with Gasteiger partial charge in [0.05, 0.1) is 6.07 Å². The normalized spacial score (nSPS) is 20.2. The Morgan fingerprint density at radius 2 is 1.83 bits per heavy atom. The fourth-order valence-electron chi connectivity index (χ4n) is 1.14. The minimum absolute atomic E-state index is 0.307. The highest BCUT2D eigenvalue weighted by Crippen LogP contribution is 2.18. The van der Waals surface area contributed by atoms with Crippen molar-refractivity contribution in [2.45, 2.75) is 32.2 Å². The molecule has 70 valence electrons. The fraction of sp³-hybridized carbons (Fsp3) is 0.889. The largest absolute Gasteiger partial charge is 0.381 e. The van der Waals surface area contributed by atoms with Gasteiger partial charge < -0.3 is 10.1 Å². The van der Waals surface area contributed by atoms with E-state index in [9.17, 15) is 0 Å². The van der Waals surface area contributed by atoms with Crippen LogP contribution >= 0.6 is 0 Å². The summed E-state index contributed by atoms with van der Waals surface area (Å²) in [6.45, 7) is 5.41. The number of nitrogens with zero attached hydrogens (tertiary/aromatic N) is 1. The third kappa shape index (κ3) is 2.80. The second-order valence-corrected chi connectivity index (χ2v) is 2.56. The van der Waals surface area contributed by atoms with Gasteiger partial charge in [-0.05, 0) is 7.05 Å². The maximum atomic E-state index is 8.77. The van der Waals surface area contributed by atoms with Crippen LogP contribution < -0.4 is 5.32 Å². The number of nitrogens with one attached hydrogen (secondary N) is 1. The molecule has 1 fully saturated rings. The molecule has 0 atom stereocenters.